The van der Waals surface area contributed by atoms with Crippen LogP contribution in [0.2, 0.25) is 0 Å². The predicted octanol–water partition coefficient (Wildman–Crippen LogP) is 2.99. The first-order valence-corrected chi connectivity index (χ1v) is 7.30. The van der Waals surface area contributed by atoms with Gasteiger partial charge in [0, 0.05) is 42.8 Å². The smallest absolute Gasteiger partial charge is 0.0797 e. The van der Waals surface area contributed by atoms with Crippen molar-refractivity contribution in [2.45, 2.75) is 46.3 Å². The summed E-state index contributed by atoms with van der Waals surface area (Å²) in [4.78, 5) is 5.68. The number of aromatic nitrogens is 2. The Morgan fingerprint density at radius 3 is 2.94 bits per heavy atom. The fraction of sp³-hybridized carbons (Fsp3) is 0.500. The lowest BCUT2D eigenvalue weighted by molar-refractivity contribution is 0.587. The molecule has 18 heavy (non-hydrogen) atoms. The third-order valence-electron chi connectivity index (χ3n) is 2.97. The first-order valence-electron chi connectivity index (χ1n) is 6.42. The first kappa shape index (κ1) is 13.3. The van der Waals surface area contributed by atoms with Gasteiger partial charge in [0.2, 0.25) is 0 Å². The van der Waals surface area contributed by atoms with E-state index in [9.17, 15) is 0 Å². The molecule has 98 valence electrons. The molecule has 3 nitrogen and oxygen atoms in total. The van der Waals surface area contributed by atoms with Crippen molar-refractivity contribution >= 4 is 11.3 Å². The van der Waals surface area contributed by atoms with Crippen molar-refractivity contribution in [3.8, 4) is 0 Å². The number of nitrogens with zero attached hydrogens (tertiary/aromatic N) is 2. The summed E-state index contributed by atoms with van der Waals surface area (Å²) in [6.07, 6.45) is 5.46. The van der Waals surface area contributed by atoms with E-state index in [4.69, 9.17) is 0 Å². The SMILES string of the molecule is Cc1ncsc1CCn1ccc(CNC(C)C)c1. The molecule has 0 spiro atoms. The van der Waals surface area contributed by atoms with E-state index in [2.05, 4.69) is 54.1 Å². The molecular weight excluding hydrogens is 242 g/mol. The van der Waals surface area contributed by atoms with Gasteiger partial charge >= 0.3 is 0 Å². The van der Waals surface area contributed by atoms with Gasteiger partial charge in [0.1, 0.15) is 0 Å². The summed E-state index contributed by atoms with van der Waals surface area (Å²) in [5, 5.41) is 3.43. The van der Waals surface area contributed by atoms with Crippen LogP contribution in [-0.2, 0) is 19.5 Å². The second-order valence-corrected chi connectivity index (χ2v) is 5.84. The van der Waals surface area contributed by atoms with Gasteiger partial charge in [0.25, 0.3) is 0 Å². The van der Waals surface area contributed by atoms with E-state index in [0.29, 0.717) is 6.04 Å². The molecule has 2 heterocycles. The molecule has 0 radical (unpaired) electrons. The van der Waals surface area contributed by atoms with E-state index < -0.39 is 0 Å². The molecule has 4 heteroatoms. The van der Waals surface area contributed by atoms with E-state index in [0.717, 1.165) is 19.5 Å². The van der Waals surface area contributed by atoms with Crippen LogP contribution in [0.1, 0.15) is 30.0 Å². The number of thiazole rings is 1. The summed E-state index contributed by atoms with van der Waals surface area (Å²) in [7, 11) is 0. The predicted molar refractivity (Wildman–Crippen MR) is 77.0 cm³/mol. The van der Waals surface area contributed by atoms with Crippen LogP contribution in [0, 0.1) is 6.92 Å². The summed E-state index contributed by atoms with van der Waals surface area (Å²) < 4.78 is 2.26. The lowest BCUT2D eigenvalue weighted by atomic mass is 10.3. The van der Waals surface area contributed by atoms with Crippen LogP contribution < -0.4 is 5.32 Å². The topological polar surface area (TPSA) is 29.9 Å². The molecule has 0 bridgehead atoms. The Balaban J connectivity index is 1.85. The quantitative estimate of drug-likeness (QED) is 0.868. The van der Waals surface area contributed by atoms with Gasteiger partial charge in [0.15, 0.2) is 0 Å². The Kier molecular flexibility index (Phi) is 4.55. The number of rotatable bonds is 6. The zero-order valence-corrected chi connectivity index (χ0v) is 12.1. The van der Waals surface area contributed by atoms with Gasteiger partial charge in [-0.3, -0.25) is 0 Å². The molecule has 2 aromatic rings. The molecule has 0 unspecified atom stereocenters. The highest BCUT2D eigenvalue weighted by molar-refractivity contribution is 7.09. The number of hydrogen-bond donors (Lipinski definition) is 1. The molecule has 0 aliphatic rings. The van der Waals surface area contributed by atoms with Crippen LogP contribution in [0.25, 0.3) is 0 Å². The first-order chi connectivity index (χ1) is 8.65. The minimum absolute atomic E-state index is 0.535. The Morgan fingerprint density at radius 1 is 1.44 bits per heavy atom. The molecule has 0 fully saturated rings. The molecule has 0 atom stereocenters. The van der Waals surface area contributed by atoms with E-state index in [-0.39, 0.29) is 0 Å². The zero-order valence-electron chi connectivity index (χ0n) is 11.3. The van der Waals surface area contributed by atoms with Crippen LogP contribution >= 0.6 is 11.3 Å². The molecule has 0 saturated carbocycles. The molecule has 0 saturated heterocycles. The van der Waals surface area contributed by atoms with Crippen molar-refractivity contribution in [2.75, 3.05) is 0 Å². The van der Waals surface area contributed by atoms with Crippen molar-refractivity contribution in [1.82, 2.24) is 14.9 Å². The molecule has 0 aliphatic heterocycles. The summed E-state index contributed by atoms with van der Waals surface area (Å²) in [5.74, 6) is 0. The van der Waals surface area contributed by atoms with Gasteiger partial charge in [0.05, 0.1) is 11.2 Å². The van der Waals surface area contributed by atoms with Crippen LogP contribution in [0.5, 0.6) is 0 Å². The maximum atomic E-state index is 4.28. The van der Waals surface area contributed by atoms with E-state index in [1.807, 2.05) is 5.51 Å². The average molecular weight is 263 g/mol. The van der Waals surface area contributed by atoms with Crippen molar-refractivity contribution in [3.63, 3.8) is 0 Å². The second-order valence-electron chi connectivity index (χ2n) is 4.90. The van der Waals surface area contributed by atoms with Crippen molar-refractivity contribution in [3.05, 3.63) is 40.1 Å². The lowest BCUT2D eigenvalue weighted by Gasteiger charge is -2.06. The van der Waals surface area contributed by atoms with E-state index >= 15 is 0 Å². The van der Waals surface area contributed by atoms with Gasteiger partial charge < -0.3 is 9.88 Å². The van der Waals surface area contributed by atoms with Gasteiger partial charge in [-0.05, 0) is 18.6 Å². The Morgan fingerprint density at radius 2 is 2.28 bits per heavy atom. The Hall–Kier alpha value is -1.13. The largest absolute Gasteiger partial charge is 0.354 e. The maximum absolute atomic E-state index is 4.28. The zero-order chi connectivity index (χ0) is 13.0. The number of nitrogens with one attached hydrogen (secondary N) is 1. The second kappa shape index (κ2) is 6.16. The summed E-state index contributed by atoms with van der Waals surface area (Å²) in [5.41, 5.74) is 4.46. The van der Waals surface area contributed by atoms with Crippen molar-refractivity contribution in [2.24, 2.45) is 0 Å². The summed E-state index contributed by atoms with van der Waals surface area (Å²) >= 11 is 1.75. The maximum Gasteiger partial charge on any atom is 0.0797 e. The fourth-order valence-electron chi connectivity index (χ4n) is 1.85. The number of hydrogen-bond acceptors (Lipinski definition) is 3. The average Bonchev–Trinajstić information content (AvgIpc) is 2.93. The third kappa shape index (κ3) is 3.68. The standard InChI is InChI=1S/C14H21N3S/c1-11(2)15-8-13-4-6-17(9-13)7-5-14-12(3)16-10-18-14/h4,6,9-11,15H,5,7-8H2,1-3H3. The van der Waals surface area contributed by atoms with Crippen LogP contribution in [0.15, 0.2) is 24.0 Å². The normalized spacial score (nSPS) is 11.3. The summed E-state index contributed by atoms with van der Waals surface area (Å²) in [6.45, 7) is 8.40. The highest BCUT2D eigenvalue weighted by Crippen LogP contribution is 2.14. The van der Waals surface area contributed by atoms with E-state index in [1.165, 1.54) is 16.1 Å². The Labute approximate surface area is 113 Å². The lowest BCUT2D eigenvalue weighted by Crippen LogP contribution is -2.21. The van der Waals surface area contributed by atoms with Crippen LogP contribution in [0.3, 0.4) is 0 Å². The molecule has 0 aromatic carbocycles. The fourth-order valence-corrected chi connectivity index (χ4v) is 2.62. The van der Waals surface area contributed by atoms with Crippen molar-refractivity contribution < 1.29 is 0 Å². The van der Waals surface area contributed by atoms with Gasteiger partial charge in [-0.1, -0.05) is 13.8 Å². The molecule has 0 aliphatic carbocycles. The molecular formula is C14H21N3S. The Bertz CT molecular complexity index is 485. The molecule has 0 amide bonds. The third-order valence-corrected chi connectivity index (χ3v) is 3.96. The number of aryl methyl sites for hydroxylation is 3. The minimum Gasteiger partial charge on any atom is -0.354 e. The highest BCUT2D eigenvalue weighted by atomic mass is 32.1. The van der Waals surface area contributed by atoms with Crippen molar-refractivity contribution in [1.29, 1.82) is 0 Å². The van der Waals surface area contributed by atoms with E-state index in [1.54, 1.807) is 11.3 Å². The molecule has 2 aromatic heterocycles. The monoisotopic (exact) mass is 263 g/mol. The van der Waals surface area contributed by atoms with Gasteiger partial charge in [-0.2, -0.15) is 0 Å². The van der Waals surface area contributed by atoms with Crippen LogP contribution in [-0.4, -0.2) is 15.6 Å². The van der Waals surface area contributed by atoms with Gasteiger partial charge in [-0.15, -0.1) is 11.3 Å². The van der Waals surface area contributed by atoms with Crippen LogP contribution in [0.4, 0.5) is 0 Å². The highest BCUT2D eigenvalue weighted by Gasteiger charge is 2.02. The summed E-state index contributed by atoms with van der Waals surface area (Å²) in [6, 6.07) is 2.72. The van der Waals surface area contributed by atoms with Gasteiger partial charge in [-0.25, -0.2) is 4.98 Å². The minimum atomic E-state index is 0.535. The molecule has 1 N–H and O–H groups in total. The molecule has 2 rings (SSSR count).